The van der Waals surface area contributed by atoms with E-state index in [1.54, 1.807) is 0 Å². The van der Waals surface area contributed by atoms with Gasteiger partial charge in [-0.25, -0.2) is 0 Å². The number of hydrogen-bond acceptors (Lipinski definition) is 2. The first-order chi connectivity index (χ1) is 6.20. The zero-order chi connectivity index (χ0) is 11.4. The fourth-order valence-electron chi connectivity index (χ4n) is 1.51. The van der Waals surface area contributed by atoms with E-state index in [4.69, 9.17) is 5.73 Å². The Bertz CT molecular complexity index is 182. The van der Waals surface area contributed by atoms with Crippen molar-refractivity contribution >= 4 is 5.91 Å². The van der Waals surface area contributed by atoms with E-state index in [9.17, 15) is 4.79 Å². The van der Waals surface area contributed by atoms with Crippen LogP contribution in [0.1, 0.15) is 47.5 Å². The minimum Gasteiger partial charge on any atom is -0.354 e. The van der Waals surface area contributed by atoms with Gasteiger partial charge in [-0.1, -0.05) is 13.8 Å². The second kappa shape index (κ2) is 5.35. The Morgan fingerprint density at radius 1 is 1.36 bits per heavy atom. The lowest BCUT2D eigenvalue weighted by molar-refractivity contribution is -0.122. The Kier molecular flexibility index (Phi) is 5.13. The summed E-state index contributed by atoms with van der Waals surface area (Å²) in [5.74, 6) is 0.654. The molecule has 0 saturated heterocycles. The van der Waals surface area contributed by atoms with Crippen molar-refractivity contribution in [1.82, 2.24) is 5.32 Å². The van der Waals surface area contributed by atoms with Crippen LogP contribution in [0.2, 0.25) is 0 Å². The molecular weight excluding hydrogens is 176 g/mol. The second-order valence-electron chi connectivity index (χ2n) is 5.26. The van der Waals surface area contributed by atoms with Gasteiger partial charge in [0.15, 0.2) is 0 Å². The van der Waals surface area contributed by atoms with Crippen LogP contribution in [0.4, 0.5) is 0 Å². The molecule has 3 nitrogen and oxygen atoms in total. The number of nitrogens with two attached hydrogens (primary N) is 1. The summed E-state index contributed by atoms with van der Waals surface area (Å²) in [6.45, 7) is 10.0. The van der Waals surface area contributed by atoms with Crippen molar-refractivity contribution in [2.45, 2.75) is 59.0 Å². The highest BCUT2D eigenvalue weighted by Crippen LogP contribution is 2.06. The van der Waals surface area contributed by atoms with Crippen LogP contribution < -0.4 is 11.1 Å². The summed E-state index contributed by atoms with van der Waals surface area (Å²) in [6, 6.07) is 0.241. The molecule has 3 N–H and O–H groups in total. The number of amides is 1. The Hall–Kier alpha value is -0.570. The van der Waals surface area contributed by atoms with Gasteiger partial charge in [0.2, 0.25) is 5.91 Å². The van der Waals surface area contributed by atoms with Gasteiger partial charge < -0.3 is 11.1 Å². The molecule has 0 heterocycles. The highest BCUT2D eigenvalue weighted by atomic mass is 16.1. The molecule has 0 fully saturated rings. The standard InChI is InChI=1S/C11H24N2O/c1-8(2)6-9(3)13-10(14)7-11(4,5)12/h8-9H,6-7,12H2,1-5H3,(H,13,14). The van der Waals surface area contributed by atoms with Gasteiger partial charge in [0, 0.05) is 18.0 Å². The van der Waals surface area contributed by atoms with Crippen molar-refractivity contribution in [2.75, 3.05) is 0 Å². The van der Waals surface area contributed by atoms with Gasteiger partial charge in [-0.05, 0) is 33.1 Å². The van der Waals surface area contributed by atoms with Crippen LogP contribution in [0.15, 0.2) is 0 Å². The molecular formula is C11H24N2O. The minimum atomic E-state index is -0.415. The van der Waals surface area contributed by atoms with E-state index in [1.807, 2.05) is 20.8 Å². The molecule has 0 aliphatic carbocycles. The molecule has 14 heavy (non-hydrogen) atoms. The van der Waals surface area contributed by atoms with Crippen LogP contribution in [0.5, 0.6) is 0 Å². The third-order valence-electron chi connectivity index (χ3n) is 1.85. The lowest BCUT2D eigenvalue weighted by atomic mass is 10.0. The summed E-state index contributed by atoms with van der Waals surface area (Å²) in [5.41, 5.74) is 5.34. The molecule has 0 bridgehead atoms. The number of carbonyl (C=O) groups excluding carboxylic acids is 1. The van der Waals surface area contributed by atoms with E-state index in [-0.39, 0.29) is 11.9 Å². The molecule has 0 aromatic heterocycles. The molecule has 0 aliphatic rings. The predicted molar refractivity (Wildman–Crippen MR) is 59.9 cm³/mol. The number of nitrogens with one attached hydrogen (secondary N) is 1. The summed E-state index contributed by atoms with van der Waals surface area (Å²) in [5, 5.41) is 2.95. The number of hydrogen-bond donors (Lipinski definition) is 2. The normalized spacial score (nSPS) is 14.2. The molecule has 0 aliphatic heterocycles. The molecule has 0 rings (SSSR count). The maximum Gasteiger partial charge on any atom is 0.222 e. The molecule has 84 valence electrons. The summed E-state index contributed by atoms with van der Waals surface area (Å²) >= 11 is 0. The van der Waals surface area contributed by atoms with Gasteiger partial charge in [0.05, 0.1) is 0 Å². The summed E-state index contributed by atoms with van der Waals surface area (Å²) in [7, 11) is 0. The van der Waals surface area contributed by atoms with Crippen LogP contribution in [-0.2, 0) is 4.79 Å². The van der Waals surface area contributed by atoms with Gasteiger partial charge in [-0.2, -0.15) is 0 Å². The fourth-order valence-corrected chi connectivity index (χ4v) is 1.51. The molecule has 0 aromatic rings. The van der Waals surface area contributed by atoms with E-state index in [2.05, 4.69) is 19.2 Å². The SMILES string of the molecule is CC(C)CC(C)NC(=O)CC(C)(C)N. The maximum atomic E-state index is 11.5. The monoisotopic (exact) mass is 200 g/mol. The lowest BCUT2D eigenvalue weighted by Gasteiger charge is -2.21. The third-order valence-corrected chi connectivity index (χ3v) is 1.85. The smallest absolute Gasteiger partial charge is 0.222 e. The van der Waals surface area contributed by atoms with Gasteiger partial charge in [0.1, 0.15) is 0 Å². The molecule has 0 saturated carbocycles. The molecule has 0 radical (unpaired) electrons. The van der Waals surface area contributed by atoms with Gasteiger partial charge >= 0.3 is 0 Å². The summed E-state index contributed by atoms with van der Waals surface area (Å²) < 4.78 is 0. The van der Waals surface area contributed by atoms with Gasteiger partial charge in [-0.3, -0.25) is 4.79 Å². The van der Waals surface area contributed by atoms with Crippen LogP contribution in [0.3, 0.4) is 0 Å². The largest absolute Gasteiger partial charge is 0.354 e. The van der Waals surface area contributed by atoms with Crippen LogP contribution in [-0.4, -0.2) is 17.5 Å². The minimum absolute atomic E-state index is 0.0469. The van der Waals surface area contributed by atoms with E-state index in [0.717, 1.165) is 6.42 Å². The van der Waals surface area contributed by atoms with E-state index in [1.165, 1.54) is 0 Å². The second-order valence-corrected chi connectivity index (χ2v) is 5.26. The Morgan fingerprint density at radius 3 is 2.21 bits per heavy atom. The third kappa shape index (κ3) is 8.05. The Morgan fingerprint density at radius 2 is 1.86 bits per heavy atom. The molecule has 3 heteroatoms. The zero-order valence-corrected chi connectivity index (χ0v) is 10.1. The Labute approximate surface area is 87.4 Å². The highest BCUT2D eigenvalue weighted by Gasteiger charge is 2.17. The average molecular weight is 200 g/mol. The lowest BCUT2D eigenvalue weighted by Crippen LogP contribution is -2.42. The van der Waals surface area contributed by atoms with Crippen molar-refractivity contribution in [3.05, 3.63) is 0 Å². The molecule has 1 atom stereocenters. The molecule has 0 spiro atoms. The quantitative estimate of drug-likeness (QED) is 0.709. The fraction of sp³-hybridized carbons (Fsp3) is 0.909. The zero-order valence-electron chi connectivity index (χ0n) is 10.1. The maximum absolute atomic E-state index is 11.5. The molecule has 1 unspecified atom stereocenters. The first-order valence-electron chi connectivity index (χ1n) is 5.29. The van der Waals surface area contributed by atoms with E-state index < -0.39 is 5.54 Å². The topological polar surface area (TPSA) is 55.1 Å². The number of rotatable bonds is 5. The van der Waals surface area contributed by atoms with Crippen molar-refractivity contribution in [2.24, 2.45) is 11.7 Å². The van der Waals surface area contributed by atoms with E-state index >= 15 is 0 Å². The average Bonchev–Trinajstić information content (AvgIpc) is 1.77. The summed E-state index contributed by atoms with van der Waals surface area (Å²) in [4.78, 5) is 11.5. The van der Waals surface area contributed by atoms with Crippen LogP contribution >= 0.6 is 0 Å². The predicted octanol–water partition coefficient (Wildman–Crippen LogP) is 1.66. The van der Waals surface area contributed by atoms with Crippen molar-refractivity contribution in [3.63, 3.8) is 0 Å². The van der Waals surface area contributed by atoms with Crippen LogP contribution in [0.25, 0.3) is 0 Å². The van der Waals surface area contributed by atoms with Gasteiger partial charge in [0.25, 0.3) is 0 Å². The molecule has 0 aromatic carbocycles. The Balaban J connectivity index is 3.83. The molecule has 1 amide bonds. The van der Waals surface area contributed by atoms with Crippen molar-refractivity contribution in [1.29, 1.82) is 0 Å². The van der Waals surface area contributed by atoms with Crippen LogP contribution in [0, 0.1) is 5.92 Å². The van der Waals surface area contributed by atoms with Crippen molar-refractivity contribution < 1.29 is 4.79 Å². The van der Waals surface area contributed by atoms with E-state index in [0.29, 0.717) is 12.3 Å². The first-order valence-corrected chi connectivity index (χ1v) is 5.29. The summed E-state index contributed by atoms with van der Waals surface area (Å²) in [6.07, 6.45) is 1.40. The van der Waals surface area contributed by atoms with Gasteiger partial charge in [-0.15, -0.1) is 0 Å². The number of carbonyl (C=O) groups is 1. The first kappa shape index (κ1) is 13.4. The highest BCUT2D eigenvalue weighted by molar-refractivity contribution is 5.77. The van der Waals surface area contributed by atoms with Crippen molar-refractivity contribution in [3.8, 4) is 0 Å².